The second-order valence-corrected chi connectivity index (χ2v) is 4.90. The van der Waals surface area contributed by atoms with Gasteiger partial charge in [-0.15, -0.1) is 0 Å². The van der Waals surface area contributed by atoms with Crippen LogP contribution in [0, 0.1) is 12.8 Å². The lowest BCUT2D eigenvalue weighted by Gasteiger charge is -2.12. The van der Waals surface area contributed by atoms with E-state index in [9.17, 15) is 4.79 Å². The number of hydrogen-bond acceptors (Lipinski definition) is 2. The zero-order valence-electron chi connectivity index (χ0n) is 11.8. The standard InChI is InChI=1S/C15H21N3O/c1-4-12(5-2)15(19)16-9-11-6-7-13-14(8-11)18-10(3)17-13/h6-8,12H,4-5,9H2,1-3H3,(H,16,19)(H,17,18). The van der Waals surface area contributed by atoms with Gasteiger partial charge < -0.3 is 10.3 Å². The average Bonchev–Trinajstić information content (AvgIpc) is 2.77. The maximum Gasteiger partial charge on any atom is 0.223 e. The number of carbonyl (C=O) groups is 1. The van der Waals surface area contributed by atoms with E-state index in [1.165, 1.54) is 0 Å². The number of aromatic amines is 1. The number of imidazole rings is 1. The van der Waals surface area contributed by atoms with Crippen molar-refractivity contribution in [2.24, 2.45) is 5.92 Å². The molecule has 0 bridgehead atoms. The number of aromatic nitrogens is 2. The van der Waals surface area contributed by atoms with Crippen molar-refractivity contribution in [1.82, 2.24) is 15.3 Å². The van der Waals surface area contributed by atoms with E-state index >= 15 is 0 Å². The van der Waals surface area contributed by atoms with E-state index in [2.05, 4.69) is 15.3 Å². The molecule has 4 heteroatoms. The lowest BCUT2D eigenvalue weighted by atomic mass is 10.0. The SMILES string of the molecule is CCC(CC)C(=O)NCc1ccc2nc(C)[nH]c2c1. The van der Waals surface area contributed by atoms with Crippen molar-refractivity contribution < 1.29 is 4.79 Å². The summed E-state index contributed by atoms with van der Waals surface area (Å²) in [5.74, 6) is 1.18. The van der Waals surface area contributed by atoms with Crippen LogP contribution in [0.2, 0.25) is 0 Å². The molecule has 1 amide bonds. The van der Waals surface area contributed by atoms with Crippen molar-refractivity contribution >= 4 is 16.9 Å². The van der Waals surface area contributed by atoms with Gasteiger partial charge in [-0.3, -0.25) is 4.79 Å². The van der Waals surface area contributed by atoms with E-state index in [1.54, 1.807) is 0 Å². The van der Waals surface area contributed by atoms with Gasteiger partial charge in [-0.05, 0) is 37.5 Å². The monoisotopic (exact) mass is 259 g/mol. The van der Waals surface area contributed by atoms with Crippen molar-refractivity contribution in [2.75, 3.05) is 0 Å². The van der Waals surface area contributed by atoms with Crippen molar-refractivity contribution in [1.29, 1.82) is 0 Å². The fourth-order valence-electron chi connectivity index (χ4n) is 2.29. The molecule has 1 aromatic heterocycles. The molecule has 0 atom stereocenters. The van der Waals surface area contributed by atoms with Crippen LogP contribution in [0.4, 0.5) is 0 Å². The minimum atomic E-state index is 0.123. The predicted molar refractivity (Wildman–Crippen MR) is 76.7 cm³/mol. The summed E-state index contributed by atoms with van der Waals surface area (Å²) in [6.07, 6.45) is 1.78. The first-order valence-electron chi connectivity index (χ1n) is 6.87. The summed E-state index contributed by atoms with van der Waals surface area (Å²) in [5, 5.41) is 3.00. The van der Waals surface area contributed by atoms with E-state index < -0.39 is 0 Å². The van der Waals surface area contributed by atoms with Gasteiger partial charge in [0.05, 0.1) is 11.0 Å². The Morgan fingerprint density at radius 1 is 1.37 bits per heavy atom. The number of carbonyl (C=O) groups excluding carboxylic acids is 1. The third kappa shape index (κ3) is 3.13. The summed E-state index contributed by atoms with van der Waals surface area (Å²) in [7, 11) is 0. The molecular formula is C15H21N3O. The van der Waals surface area contributed by atoms with Crippen molar-refractivity contribution in [3.8, 4) is 0 Å². The van der Waals surface area contributed by atoms with Crippen molar-refractivity contribution in [2.45, 2.75) is 40.2 Å². The molecule has 0 aliphatic rings. The predicted octanol–water partition coefficient (Wildman–Crippen LogP) is 2.92. The third-order valence-electron chi connectivity index (χ3n) is 3.49. The van der Waals surface area contributed by atoms with Crippen LogP contribution in [-0.2, 0) is 11.3 Å². The molecule has 102 valence electrons. The highest BCUT2D eigenvalue weighted by Crippen LogP contribution is 2.14. The lowest BCUT2D eigenvalue weighted by molar-refractivity contribution is -0.125. The minimum Gasteiger partial charge on any atom is -0.352 e. The second-order valence-electron chi connectivity index (χ2n) is 4.90. The van der Waals surface area contributed by atoms with Crippen molar-refractivity contribution in [3.63, 3.8) is 0 Å². The largest absolute Gasteiger partial charge is 0.352 e. The summed E-state index contributed by atoms with van der Waals surface area (Å²) in [4.78, 5) is 19.5. The number of fused-ring (bicyclic) bond motifs is 1. The summed E-state index contributed by atoms with van der Waals surface area (Å²) < 4.78 is 0. The van der Waals surface area contributed by atoms with Crippen LogP contribution >= 0.6 is 0 Å². The zero-order valence-corrected chi connectivity index (χ0v) is 11.8. The maximum atomic E-state index is 11.9. The van der Waals surface area contributed by atoms with E-state index in [1.807, 2.05) is 39.0 Å². The van der Waals surface area contributed by atoms with Gasteiger partial charge in [0.15, 0.2) is 0 Å². The molecule has 0 spiro atoms. The average molecular weight is 259 g/mol. The Hall–Kier alpha value is -1.84. The summed E-state index contributed by atoms with van der Waals surface area (Å²) in [6, 6.07) is 6.04. The molecule has 0 saturated heterocycles. The molecule has 19 heavy (non-hydrogen) atoms. The van der Waals surface area contributed by atoms with Gasteiger partial charge >= 0.3 is 0 Å². The third-order valence-corrected chi connectivity index (χ3v) is 3.49. The first-order valence-corrected chi connectivity index (χ1v) is 6.87. The fraction of sp³-hybridized carbons (Fsp3) is 0.467. The quantitative estimate of drug-likeness (QED) is 0.867. The first kappa shape index (κ1) is 13.6. The molecular weight excluding hydrogens is 238 g/mol. The molecule has 1 heterocycles. The molecule has 2 rings (SSSR count). The number of H-pyrrole nitrogens is 1. The second kappa shape index (κ2) is 5.87. The minimum absolute atomic E-state index is 0.123. The van der Waals surface area contributed by atoms with E-state index in [-0.39, 0.29) is 11.8 Å². The number of hydrogen-bond donors (Lipinski definition) is 2. The molecule has 2 N–H and O–H groups in total. The number of rotatable bonds is 5. The number of amides is 1. The normalized spacial score (nSPS) is 11.2. The fourth-order valence-corrected chi connectivity index (χ4v) is 2.29. The topological polar surface area (TPSA) is 57.8 Å². The van der Waals surface area contributed by atoms with Gasteiger partial charge in [0.2, 0.25) is 5.91 Å². The van der Waals surface area contributed by atoms with E-state index in [0.717, 1.165) is 35.3 Å². The zero-order chi connectivity index (χ0) is 13.8. The van der Waals surface area contributed by atoms with Crippen LogP contribution in [-0.4, -0.2) is 15.9 Å². The highest BCUT2D eigenvalue weighted by molar-refractivity contribution is 5.79. The molecule has 1 aromatic carbocycles. The summed E-state index contributed by atoms with van der Waals surface area (Å²) >= 11 is 0. The van der Waals surface area contributed by atoms with Gasteiger partial charge in [0.1, 0.15) is 5.82 Å². The molecule has 0 fully saturated rings. The van der Waals surface area contributed by atoms with Crippen LogP contribution in [0.1, 0.15) is 38.1 Å². The molecule has 2 aromatic rings. The summed E-state index contributed by atoms with van der Waals surface area (Å²) in [6.45, 7) is 6.61. The Morgan fingerprint density at radius 2 is 2.11 bits per heavy atom. The Morgan fingerprint density at radius 3 is 2.79 bits per heavy atom. The Kier molecular flexibility index (Phi) is 4.20. The Balaban J connectivity index is 2.03. The lowest BCUT2D eigenvalue weighted by Crippen LogP contribution is -2.29. The summed E-state index contributed by atoms with van der Waals surface area (Å²) in [5.41, 5.74) is 3.08. The number of nitrogens with zero attached hydrogens (tertiary/aromatic N) is 1. The molecule has 0 aliphatic heterocycles. The van der Waals surface area contributed by atoms with Crippen molar-refractivity contribution in [3.05, 3.63) is 29.6 Å². The molecule has 0 saturated carbocycles. The number of benzene rings is 1. The van der Waals surface area contributed by atoms with Gasteiger partial charge in [-0.2, -0.15) is 0 Å². The van der Waals surface area contributed by atoms with Crippen LogP contribution in [0.25, 0.3) is 11.0 Å². The maximum absolute atomic E-state index is 11.9. The number of nitrogens with one attached hydrogen (secondary N) is 2. The number of aryl methyl sites for hydroxylation is 1. The van der Waals surface area contributed by atoms with Crippen LogP contribution in [0.3, 0.4) is 0 Å². The van der Waals surface area contributed by atoms with E-state index in [0.29, 0.717) is 6.54 Å². The molecule has 0 unspecified atom stereocenters. The Bertz CT molecular complexity index is 570. The van der Waals surface area contributed by atoms with Crippen LogP contribution in [0.15, 0.2) is 18.2 Å². The molecule has 0 aliphatic carbocycles. The van der Waals surface area contributed by atoms with Crippen LogP contribution in [0.5, 0.6) is 0 Å². The van der Waals surface area contributed by atoms with Crippen LogP contribution < -0.4 is 5.32 Å². The smallest absolute Gasteiger partial charge is 0.223 e. The van der Waals surface area contributed by atoms with Gasteiger partial charge in [0, 0.05) is 12.5 Å². The first-order chi connectivity index (χ1) is 9.13. The van der Waals surface area contributed by atoms with Gasteiger partial charge in [-0.1, -0.05) is 19.9 Å². The Labute approximate surface area is 113 Å². The van der Waals surface area contributed by atoms with E-state index in [4.69, 9.17) is 0 Å². The van der Waals surface area contributed by atoms with Gasteiger partial charge in [0.25, 0.3) is 0 Å². The molecule has 0 radical (unpaired) electrons. The highest BCUT2D eigenvalue weighted by Gasteiger charge is 2.13. The van der Waals surface area contributed by atoms with Gasteiger partial charge in [-0.25, -0.2) is 4.98 Å². The molecule has 4 nitrogen and oxygen atoms in total. The highest BCUT2D eigenvalue weighted by atomic mass is 16.1.